The molecule has 0 radical (unpaired) electrons. The first-order valence-corrected chi connectivity index (χ1v) is 9.34. The molecule has 0 saturated carbocycles. The topological polar surface area (TPSA) is 50.7 Å². The molecule has 0 aromatic heterocycles. The second-order valence-corrected chi connectivity index (χ2v) is 6.95. The van der Waals surface area contributed by atoms with E-state index in [9.17, 15) is 4.79 Å². The van der Waals surface area contributed by atoms with Crippen molar-refractivity contribution in [2.75, 3.05) is 0 Å². The second-order valence-electron chi connectivity index (χ2n) is 6.13. The first kappa shape index (κ1) is 19.9. The van der Waals surface area contributed by atoms with Crippen LogP contribution in [0.15, 0.2) is 71.8 Å². The zero-order valence-electron chi connectivity index (χ0n) is 15.2. The zero-order chi connectivity index (χ0) is 19.9. The number of amides is 1. The number of nitrogens with zero attached hydrogens (tertiary/aromatic N) is 1. The monoisotopic (exact) mass is 412 g/mol. The van der Waals surface area contributed by atoms with Crippen LogP contribution >= 0.6 is 23.2 Å². The standard InChI is InChI=1S/C22H18Cl2N2O2/c1-15-6-11-19(21(24)12-15)22(27)26-25-13-16-7-9-18(10-8-16)28-14-17-4-2-3-5-20(17)23/h2-13H,14H2,1H3,(H,26,27)/b25-13-. The van der Waals surface area contributed by atoms with Crippen LogP contribution in [0.1, 0.15) is 27.0 Å². The summed E-state index contributed by atoms with van der Waals surface area (Å²) in [4.78, 5) is 12.1. The van der Waals surface area contributed by atoms with Gasteiger partial charge in [0.2, 0.25) is 0 Å². The number of ether oxygens (including phenoxy) is 1. The number of carbonyl (C=O) groups is 1. The average molecular weight is 413 g/mol. The Balaban J connectivity index is 1.55. The van der Waals surface area contributed by atoms with Crippen LogP contribution in [0.25, 0.3) is 0 Å². The van der Waals surface area contributed by atoms with Crippen LogP contribution in [0.4, 0.5) is 0 Å². The van der Waals surface area contributed by atoms with Crippen LogP contribution in [-0.4, -0.2) is 12.1 Å². The highest BCUT2D eigenvalue weighted by Gasteiger charge is 2.09. The molecule has 1 N–H and O–H groups in total. The van der Waals surface area contributed by atoms with Gasteiger partial charge in [0.05, 0.1) is 16.8 Å². The number of halogens is 2. The van der Waals surface area contributed by atoms with Gasteiger partial charge >= 0.3 is 0 Å². The van der Waals surface area contributed by atoms with Gasteiger partial charge in [-0.2, -0.15) is 5.10 Å². The summed E-state index contributed by atoms with van der Waals surface area (Å²) in [7, 11) is 0. The molecule has 142 valence electrons. The highest BCUT2D eigenvalue weighted by atomic mass is 35.5. The Morgan fingerprint density at radius 2 is 1.79 bits per heavy atom. The molecule has 3 aromatic carbocycles. The first-order chi connectivity index (χ1) is 13.5. The molecular weight excluding hydrogens is 395 g/mol. The van der Waals surface area contributed by atoms with Gasteiger partial charge in [-0.15, -0.1) is 0 Å². The van der Waals surface area contributed by atoms with Crippen LogP contribution in [0, 0.1) is 6.92 Å². The fourth-order valence-corrected chi connectivity index (χ4v) is 2.97. The molecule has 6 heteroatoms. The number of benzene rings is 3. The van der Waals surface area contributed by atoms with E-state index in [0.717, 1.165) is 16.7 Å². The number of carbonyl (C=O) groups excluding carboxylic acids is 1. The lowest BCUT2D eigenvalue weighted by molar-refractivity contribution is 0.0955. The zero-order valence-corrected chi connectivity index (χ0v) is 16.7. The summed E-state index contributed by atoms with van der Waals surface area (Å²) in [5.74, 6) is 0.355. The molecule has 0 fully saturated rings. The Hall–Kier alpha value is -2.82. The molecule has 4 nitrogen and oxygen atoms in total. The van der Waals surface area contributed by atoms with E-state index in [2.05, 4.69) is 10.5 Å². The van der Waals surface area contributed by atoms with Crippen molar-refractivity contribution >= 4 is 35.3 Å². The SMILES string of the molecule is Cc1ccc(C(=O)N/N=C\c2ccc(OCc3ccccc3Cl)cc2)c(Cl)c1. The highest BCUT2D eigenvalue weighted by molar-refractivity contribution is 6.34. The van der Waals surface area contributed by atoms with Gasteiger partial charge in [0.1, 0.15) is 12.4 Å². The average Bonchev–Trinajstić information content (AvgIpc) is 2.68. The quantitative estimate of drug-likeness (QED) is 0.420. The van der Waals surface area contributed by atoms with Gasteiger partial charge in [-0.25, -0.2) is 5.43 Å². The minimum Gasteiger partial charge on any atom is -0.489 e. The van der Waals surface area contributed by atoms with Gasteiger partial charge in [-0.3, -0.25) is 4.79 Å². The van der Waals surface area contributed by atoms with Crippen molar-refractivity contribution in [1.82, 2.24) is 5.43 Å². The van der Waals surface area contributed by atoms with Gasteiger partial charge in [0.25, 0.3) is 5.91 Å². The molecule has 28 heavy (non-hydrogen) atoms. The van der Waals surface area contributed by atoms with Gasteiger partial charge in [0, 0.05) is 10.6 Å². The molecule has 1 amide bonds. The Morgan fingerprint density at radius 3 is 2.50 bits per heavy atom. The minimum atomic E-state index is -0.360. The predicted octanol–water partition coefficient (Wildman–Crippen LogP) is 5.64. The van der Waals surface area contributed by atoms with Gasteiger partial charge in [-0.05, 0) is 60.5 Å². The van der Waals surface area contributed by atoms with E-state index in [1.165, 1.54) is 0 Å². The fraction of sp³-hybridized carbons (Fsp3) is 0.0909. The lowest BCUT2D eigenvalue weighted by Gasteiger charge is -2.07. The van der Waals surface area contributed by atoms with E-state index in [4.69, 9.17) is 27.9 Å². The van der Waals surface area contributed by atoms with Crippen molar-refractivity contribution in [2.45, 2.75) is 13.5 Å². The molecule has 0 unspecified atom stereocenters. The van der Waals surface area contributed by atoms with Crippen LogP contribution in [0.2, 0.25) is 10.0 Å². The van der Waals surface area contributed by atoms with Crippen molar-refractivity contribution in [3.05, 3.63) is 99.0 Å². The van der Waals surface area contributed by atoms with E-state index in [0.29, 0.717) is 28.0 Å². The van der Waals surface area contributed by atoms with E-state index in [-0.39, 0.29) is 5.91 Å². The predicted molar refractivity (Wildman–Crippen MR) is 113 cm³/mol. The number of hydrogen-bond acceptors (Lipinski definition) is 3. The summed E-state index contributed by atoms with van der Waals surface area (Å²) in [6.07, 6.45) is 1.55. The third kappa shape index (κ3) is 5.35. The molecule has 3 aromatic rings. The molecule has 0 heterocycles. The summed E-state index contributed by atoms with van der Waals surface area (Å²) in [6, 6.07) is 20.1. The summed E-state index contributed by atoms with van der Waals surface area (Å²) in [5.41, 5.74) is 5.59. The number of aryl methyl sites for hydroxylation is 1. The normalized spacial score (nSPS) is 10.8. The fourth-order valence-electron chi connectivity index (χ4n) is 2.46. The summed E-state index contributed by atoms with van der Waals surface area (Å²) in [6.45, 7) is 2.30. The summed E-state index contributed by atoms with van der Waals surface area (Å²) < 4.78 is 5.74. The molecule has 0 aliphatic heterocycles. The van der Waals surface area contributed by atoms with Crippen molar-refractivity contribution in [3.63, 3.8) is 0 Å². The number of rotatable bonds is 6. The van der Waals surface area contributed by atoms with Crippen LogP contribution in [-0.2, 0) is 6.61 Å². The third-order valence-corrected chi connectivity index (χ3v) is 4.66. The van der Waals surface area contributed by atoms with Crippen molar-refractivity contribution in [2.24, 2.45) is 5.10 Å². The Morgan fingerprint density at radius 1 is 1.04 bits per heavy atom. The molecule has 3 rings (SSSR count). The number of hydrogen-bond donors (Lipinski definition) is 1. The molecule has 0 bridgehead atoms. The highest BCUT2D eigenvalue weighted by Crippen LogP contribution is 2.19. The van der Waals surface area contributed by atoms with Crippen LogP contribution < -0.4 is 10.2 Å². The van der Waals surface area contributed by atoms with Crippen molar-refractivity contribution in [1.29, 1.82) is 0 Å². The number of hydrazone groups is 1. The molecule has 0 spiro atoms. The molecule has 0 atom stereocenters. The Labute approximate surface area is 173 Å². The Kier molecular flexibility index (Phi) is 6.69. The molecule has 0 saturated heterocycles. The largest absolute Gasteiger partial charge is 0.489 e. The first-order valence-electron chi connectivity index (χ1n) is 8.59. The van der Waals surface area contributed by atoms with Crippen LogP contribution in [0.3, 0.4) is 0 Å². The summed E-state index contributed by atoms with van der Waals surface area (Å²) in [5, 5.41) is 5.05. The second kappa shape index (κ2) is 9.40. The molecular formula is C22H18Cl2N2O2. The molecule has 0 aliphatic carbocycles. The minimum absolute atomic E-state index is 0.360. The van der Waals surface area contributed by atoms with E-state index in [1.807, 2.05) is 61.5 Å². The lowest BCUT2D eigenvalue weighted by Crippen LogP contribution is -2.18. The maximum absolute atomic E-state index is 12.1. The summed E-state index contributed by atoms with van der Waals surface area (Å²) >= 11 is 12.2. The number of nitrogens with one attached hydrogen (secondary N) is 1. The smallest absolute Gasteiger partial charge is 0.272 e. The van der Waals surface area contributed by atoms with Crippen LogP contribution in [0.5, 0.6) is 5.75 Å². The third-order valence-electron chi connectivity index (χ3n) is 3.98. The van der Waals surface area contributed by atoms with Gasteiger partial charge < -0.3 is 4.74 Å². The molecule has 0 aliphatic rings. The maximum Gasteiger partial charge on any atom is 0.272 e. The van der Waals surface area contributed by atoms with Crippen molar-refractivity contribution in [3.8, 4) is 5.75 Å². The van der Waals surface area contributed by atoms with E-state index >= 15 is 0 Å². The van der Waals surface area contributed by atoms with Crippen molar-refractivity contribution < 1.29 is 9.53 Å². The van der Waals surface area contributed by atoms with Gasteiger partial charge in [0.15, 0.2) is 0 Å². The van der Waals surface area contributed by atoms with E-state index < -0.39 is 0 Å². The van der Waals surface area contributed by atoms with Gasteiger partial charge in [-0.1, -0.05) is 47.5 Å². The lowest BCUT2D eigenvalue weighted by atomic mass is 10.1. The van der Waals surface area contributed by atoms with E-state index in [1.54, 1.807) is 18.3 Å². The maximum atomic E-state index is 12.1. The Bertz CT molecular complexity index is 1000.